The van der Waals surface area contributed by atoms with Crippen LogP contribution < -0.4 is 10.8 Å². The molecule has 0 saturated heterocycles. The Morgan fingerprint density at radius 2 is 1.57 bits per heavy atom. The molecule has 2 aromatic carbocycles. The van der Waals surface area contributed by atoms with Crippen LogP contribution in [0.1, 0.15) is 26.3 Å². The highest BCUT2D eigenvalue weighted by Crippen LogP contribution is 2.05. The van der Waals surface area contributed by atoms with Crippen molar-refractivity contribution in [2.45, 2.75) is 6.42 Å². The number of nitrogens with one attached hydrogen (secondary N) is 2. The summed E-state index contributed by atoms with van der Waals surface area (Å²) in [5, 5.41) is 11.4. The molecule has 3 N–H and O–H groups in total. The molecule has 2 rings (SSSR count). The van der Waals surface area contributed by atoms with Gasteiger partial charge in [-0.1, -0.05) is 36.4 Å². The zero-order chi connectivity index (χ0) is 15.1. The van der Waals surface area contributed by atoms with Gasteiger partial charge in [-0.25, -0.2) is 5.48 Å². The van der Waals surface area contributed by atoms with E-state index in [0.717, 1.165) is 12.0 Å². The standard InChI is InChI=1S/C16H16N2O3/c19-15(17-10-9-12-5-2-1-3-6-12)13-7-4-8-14(11-13)16(20)18-21/h1-8,11,21H,9-10H2,(H,17,19)(H,18,20). The average Bonchev–Trinajstić information content (AvgIpc) is 2.55. The van der Waals surface area contributed by atoms with Crippen molar-refractivity contribution in [3.8, 4) is 0 Å². The van der Waals surface area contributed by atoms with Gasteiger partial charge in [0, 0.05) is 17.7 Å². The van der Waals surface area contributed by atoms with Gasteiger partial charge in [-0.3, -0.25) is 14.8 Å². The van der Waals surface area contributed by atoms with Crippen LogP contribution in [0.3, 0.4) is 0 Å². The highest BCUT2D eigenvalue weighted by molar-refractivity contribution is 5.99. The summed E-state index contributed by atoms with van der Waals surface area (Å²) in [6.07, 6.45) is 0.739. The lowest BCUT2D eigenvalue weighted by atomic mass is 10.1. The number of carbonyl (C=O) groups excluding carboxylic acids is 2. The van der Waals surface area contributed by atoms with Gasteiger partial charge in [0.2, 0.25) is 0 Å². The third-order valence-electron chi connectivity index (χ3n) is 3.03. The van der Waals surface area contributed by atoms with Crippen molar-refractivity contribution in [2.24, 2.45) is 0 Å². The van der Waals surface area contributed by atoms with Crippen molar-refractivity contribution in [1.29, 1.82) is 0 Å². The molecule has 2 aromatic rings. The van der Waals surface area contributed by atoms with E-state index in [1.165, 1.54) is 12.1 Å². The quantitative estimate of drug-likeness (QED) is 0.578. The molecule has 2 amide bonds. The molecule has 0 aliphatic heterocycles. The van der Waals surface area contributed by atoms with Gasteiger partial charge in [0.25, 0.3) is 11.8 Å². The Morgan fingerprint density at radius 1 is 0.905 bits per heavy atom. The lowest BCUT2D eigenvalue weighted by Crippen LogP contribution is -2.26. The Hall–Kier alpha value is -2.66. The third kappa shape index (κ3) is 4.15. The van der Waals surface area contributed by atoms with E-state index in [1.807, 2.05) is 30.3 Å². The zero-order valence-corrected chi connectivity index (χ0v) is 11.4. The minimum absolute atomic E-state index is 0.230. The van der Waals surface area contributed by atoms with E-state index in [-0.39, 0.29) is 11.5 Å². The van der Waals surface area contributed by atoms with Crippen LogP contribution in [-0.2, 0) is 6.42 Å². The second kappa shape index (κ2) is 7.21. The fourth-order valence-electron chi connectivity index (χ4n) is 1.93. The van der Waals surface area contributed by atoms with Crippen molar-refractivity contribution in [3.05, 3.63) is 71.3 Å². The van der Waals surface area contributed by atoms with E-state index in [0.29, 0.717) is 12.1 Å². The molecule has 0 spiro atoms. The molecular weight excluding hydrogens is 268 g/mol. The number of amides is 2. The minimum atomic E-state index is -0.645. The maximum atomic E-state index is 12.0. The summed E-state index contributed by atoms with van der Waals surface area (Å²) in [5.74, 6) is -0.896. The lowest BCUT2D eigenvalue weighted by molar-refractivity contribution is 0.0706. The Morgan fingerprint density at radius 3 is 2.24 bits per heavy atom. The van der Waals surface area contributed by atoms with Crippen LogP contribution >= 0.6 is 0 Å². The lowest BCUT2D eigenvalue weighted by Gasteiger charge is -2.06. The molecule has 21 heavy (non-hydrogen) atoms. The van der Waals surface area contributed by atoms with E-state index in [9.17, 15) is 9.59 Å². The maximum Gasteiger partial charge on any atom is 0.274 e. The molecule has 0 aliphatic rings. The smallest absolute Gasteiger partial charge is 0.274 e. The van der Waals surface area contributed by atoms with Gasteiger partial charge in [0.15, 0.2) is 0 Å². The predicted octanol–water partition coefficient (Wildman–Crippen LogP) is 1.78. The van der Waals surface area contributed by atoms with Crippen LogP contribution in [0.15, 0.2) is 54.6 Å². The number of hydrogen-bond donors (Lipinski definition) is 3. The fraction of sp³-hybridized carbons (Fsp3) is 0.125. The molecule has 5 heteroatoms. The third-order valence-corrected chi connectivity index (χ3v) is 3.03. The first kappa shape index (κ1) is 14.7. The summed E-state index contributed by atoms with van der Waals surface area (Å²) in [5.41, 5.74) is 3.29. The number of benzene rings is 2. The van der Waals surface area contributed by atoms with Crippen molar-refractivity contribution in [1.82, 2.24) is 10.8 Å². The monoisotopic (exact) mass is 284 g/mol. The largest absolute Gasteiger partial charge is 0.352 e. The first-order valence-corrected chi connectivity index (χ1v) is 6.57. The molecule has 0 radical (unpaired) electrons. The minimum Gasteiger partial charge on any atom is -0.352 e. The van der Waals surface area contributed by atoms with E-state index in [2.05, 4.69) is 5.32 Å². The van der Waals surface area contributed by atoms with Crippen molar-refractivity contribution >= 4 is 11.8 Å². The second-order valence-corrected chi connectivity index (χ2v) is 4.51. The summed E-state index contributed by atoms with van der Waals surface area (Å²) in [7, 11) is 0. The molecule has 0 fully saturated rings. The van der Waals surface area contributed by atoms with Gasteiger partial charge in [-0.05, 0) is 30.2 Å². The van der Waals surface area contributed by atoms with E-state index < -0.39 is 5.91 Å². The van der Waals surface area contributed by atoms with Crippen LogP contribution in [0, 0.1) is 0 Å². The number of hydroxylamine groups is 1. The molecule has 0 atom stereocenters. The van der Waals surface area contributed by atoms with E-state index in [1.54, 1.807) is 17.6 Å². The Labute approximate surface area is 122 Å². The summed E-state index contributed by atoms with van der Waals surface area (Å²) in [4.78, 5) is 23.3. The normalized spacial score (nSPS) is 9.95. The van der Waals surface area contributed by atoms with Gasteiger partial charge in [-0.15, -0.1) is 0 Å². The van der Waals surface area contributed by atoms with Crippen LogP contribution in [0.5, 0.6) is 0 Å². The van der Waals surface area contributed by atoms with E-state index >= 15 is 0 Å². The van der Waals surface area contributed by atoms with Crippen molar-refractivity contribution in [3.63, 3.8) is 0 Å². The van der Waals surface area contributed by atoms with Crippen molar-refractivity contribution < 1.29 is 14.8 Å². The molecule has 0 aromatic heterocycles. The summed E-state index contributed by atoms with van der Waals surface area (Å²) in [6, 6.07) is 16.0. The number of hydrogen-bond acceptors (Lipinski definition) is 3. The van der Waals surface area contributed by atoms with Crippen LogP contribution in [0.2, 0.25) is 0 Å². The zero-order valence-electron chi connectivity index (χ0n) is 11.4. The van der Waals surface area contributed by atoms with Gasteiger partial charge >= 0.3 is 0 Å². The predicted molar refractivity (Wildman–Crippen MR) is 78.2 cm³/mol. The topological polar surface area (TPSA) is 78.4 Å². The van der Waals surface area contributed by atoms with Gasteiger partial charge in [0.1, 0.15) is 0 Å². The van der Waals surface area contributed by atoms with Gasteiger partial charge < -0.3 is 5.32 Å². The van der Waals surface area contributed by atoms with Crippen LogP contribution in [0.4, 0.5) is 0 Å². The maximum absolute atomic E-state index is 12.0. The average molecular weight is 284 g/mol. The highest BCUT2D eigenvalue weighted by atomic mass is 16.5. The first-order chi connectivity index (χ1) is 10.2. The van der Waals surface area contributed by atoms with Gasteiger partial charge in [0.05, 0.1) is 0 Å². The first-order valence-electron chi connectivity index (χ1n) is 6.57. The molecule has 0 bridgehead atoms. The number of carbonyl (C=O) groups is 2. The molecule has 0 saturated carbocycles. The molecule has 108 valence electrons. The van der Waals surface area contributed by atoms with E-state index in [4.69, 9.17) is 5.21 Å². The Balaban J connectivity index is 1.93. The van der Waals surface area contributed by atoms with Crippen molar-refractivity contribution in [2.75, 3.05) is 6.54 Å². The Kier molecular flexibility index (Phi) is 5.06. The Bertz CT molecular complexity index is 626. The molecule has 0 aliphatic carbocycles. The SMILES string of the molecule is O=C(NO)c1cccc(C(=O)NCCc2ccccc2)c1. The summed E-state index contributed by atoms with van der Waals surface area (Å²) < 4.78 is 0. The molecule has 0 unspecified atom stereocenters. The second-order valence-electron chi connectivity index (χ2n) is 4.51. The molecular formula is C16H16N2O3. The van der Waals surface area contributed by atoms with Crippen LogP contribution in [0.25, 0.3) is 0 Å². The summed E-state index contributed by atoms with van der Waals surface area (Å²) in [6.45, 7) is 0.513. The molecule has 5 nitrogen and oxygen atoms in total. The van der Waals surface area contributed by atoms with Crippen LogP contribution in [-0.4, -0.2) is 23.6 Å². The number of rotatable bonds is 5. The molecule has 0 heterocycles. The highest BCUT2D eigenvalue weighted by Gasteiger charge is 2.09. The fourth-order valence-corrected chi connectivity index (χ4v) is 1.93. The summed E-state index contributed by atoms with van der Waals surface area (Å²) >= 11 is 0. The van der Waals surface area contributed by atoms with Gasteiger partial charge in [-0.2, -0.15) is 0 Å².